The number of aliphatic hydroxyl groups is 4. The Hall–Kier alpha value is 0.230. The second kappa shape index (κ2) is 26.3. The molecule has 79 heavy (non-hydrogen) atoms. The van der Waals surface area contributed by atoms with E-state index in [4.69, 9.17) is 14.8 Å². The van der Waals surface area contributed by atoms with Crippen molar-refractivity contribution >= 4 is 125 Å². The van der Waals surface area contributed by atoms with Gasteiger partial charge in [-0.15, -0.1) is 0 Å². The summed E-state index contributed by atoms with van der Waals surface area (Å²) in [5.74, 6) is 5.28. The van der Waals surface area contributed by atoms with Crippen molar-refractivity contribution in [2.75, 3.05) is 15.5 Å². The summed E-state index contributed by atoms with van der Waals surface area (Å²) in [6.07, 6.45) is 23.9. The molecular formula is C62H89I5N4O8. The number of imide groups is 1. The van der Waals surface area contributed by atoms with Gasteiger partial charge in [0, 0.05) is 31.5 Å². The number of aliphatic hydroxyl groups excluding tert-OH is 2. The molecule has 440 valence electrons. The number of hydrogen-bond acceptors (Lipinski definition) is 11. The Kier molecular flexibility index (Phi) is 21.2. The first kappa shape index (κ1) is 63.7. The van der Waals surface area contributed by atoms with E-state index >= 15 is 0 Å². The van der Waals surface area contributed by atoms with Gasteiger partial charge in [-0.2, -0.15) is 0 Å². The van der Waals surface area contributed by atoms with Crippen LogP contribution >= 0.6 is 113 Å². The molecule has 1 aliphatic heterocycles. The zero-order valence-corrected chi connectivity index (χ0v) is 57.9. The molecule has 8 aliphatic carbocycles. The van der Waals surface area contributed by atoms with E-state index in [1.54, 1.807) is 24.3 Å². The summed E-state index contributed by atoms with van der Waals surface area (Å²) in [5.41, 5.74) is 7.85. The van der Waals surface area contributed by atoms with Crippen molar-refractivity contribution in [3.63, 3.8) is 0 Å². The zero-order chi connectivity index (χ0) is 56.7. The summed E-state index contributed by atoms with van der Waals surface area (Å²) in [4.78, 5) is 26.6. The molecule has 9 aliphatic rings. The Morgan fingerprint density at radius 2 is 1.03 bits per heavy atom. The number of rotatable bonds is 11. The predicted octanol–water partition coefficient (Wildman–Crippen LogP) is 14.2. The molecule has 3 aromatic rings. The molecule has 0 spiro atoms. The lowest BCUT2D eigenvalue weighted by atomic mass is 9.43. The Morgan fingerprint density at radius 3 is 1.44 bits per heavy atom. The van der Waals surface area contributed by atoms with E-state index in [-0.39, 0.29) is 46.8 Å². The molecule has 0 radical (unpaired) electrons. The van der Waals surface area contributed by atoms with Gasteiger partial charge in [0.25, 0.3) is 11.8 Å². The maximum absolute atomic E-state index is 12.7. The fraction of sp³-hybridized carbons (Fsp3) is 0.774. The first-order chi connectivity index (χ1) is 37.6. The molecule has 0 bridgehead atoms. The van der Waals surface area contributed by atoms with Crippen LogP contribution in [0.15, 0.2) is 45.4 Å². The van der Waals surface area contributed by atoms with Crippen LogP contribution < -0.4 is 5.73 Å². The van der Waals surface area contributed by atoms with E-state index in [1.165, 1.54) is 26.6 Å². The van der Waals surface area contributed by atoms with Crippen LogP contribution in [0.5, 0.6) is 0 Å². The van der Waals surface area contributed by atoms with Crippen molar-refractivity contribution in [1.82, 2.24) is 15.2 Å². The van der Waals surface area contributed by atoms with Crippen molar-refractivity contribution < 1.29 is 39.1 Å². The summed E-state index contributed by atoms with van der Waals surface area (Å²) in [6, 6.07) is 11.0. The minimum atomic E-state index is -0.605. The average Bonchev–Trinajstić information content (AvgIpc) is 4.43. The minimum Gasteiger partial charge on any atom is -0.393 e. The number of halogens is 5. The van der Waals surface area contributed by atoms with Gasteiger partial charge >= 0.3 is 0 Å². The number of aromatic nitrogens is 2. The van der Waals surface area contributed by atoms with E-state index < -0.39 is 11.2 Å². The molecule has 8 fully saturated rings. The summed E-state index contributed by atoms with van der Waals surface area (Å²) < 4.78 is 13.0. The average molecular weight is 1650 g/mol. The fourth-order valence-electron chi connectivity index (χ4n) is 19.2. The van der Waals surface area contributed by atoms with Gasteiger partial charge in [0.15, 0.2) is 0 Å². The number of carbonyl (C=O) groups excluding carboxylic acids is 2. The van der Waals surface area contributed by atoms with Gasteiger partial charge in [0.2, 0.25) is 0 Å². The van der Waals surface area contributed by atoms with E-state index in [0.29, 0.717) is 82.6 Å². The Balaban J connectivity index is 0.000000177. The SMILES string of the molecule is C[C@]12CC[C@H](O)C[C@H]1CCC1C2CC[C@]2(C)[C@@H](CCc3cc(CCN)on3)CC[C@]12O.C[C@]12CC[C@H](O)C[C@H]1CCC1C2CC[C@]2(C)[C@@H](CCc3cc(CCN4C(=O)c5ccccc5C4=O)on3)CC[C@]12O.IC(I)I.ICI. The summed E-state index contributed by atoms with van der Waals surface area (Å²) in [7, 11) is 0. The molecule has 2 aromatic heterocycles. The van der Waals surface area contributed by atoms with E-state index in [0.717, 1.165) is 146 Å². The number of nitrogens with zero attached hydrogens (tertiary/aromatic N) is 3. The molecule has 1 aromatic carbocycles. The Labute approximate surface area is 539 Å². The number of nitrogens with two attached hydrogens (primary N) is 1. The second-order valence-electron chi connectivity index (χ2n) is 26.7. The Morgan fingerprint density at radius 1 is 0.608 bits per heavy atom. The van der Waals surface area contributed by atoms with Crippen molar-refractivity contribution in [1.29, 1.82) is 0 Å². The normalized spacial score (nSPS) is 39.8. The molecule has 17 heteroatoms. The van der Waals surface area contributed by atoms with Gasteiger partial charge in [-0.05, 0) is 229 Å². The molecular weight excluding hydrogens is 1560 g/mol. The molecule has 6 N–H and O–H groups in total. The van der Waals surface area contributed by atoms with Gasteiger partial charge in [-0.25, -0.2) is 0 Å². The van der Waals surface area contributed by atoms with Crippen molar-refractivity contribution in [2.45, 2.75) is 205 Å². The molecule has 2 amide bonds. The molecule has 12 nitrogen and oxygen atoms in total. The molecule has 8 saturated carbocycles. The highest BCUT2D eigenvalue weighted by atomic mass is 127. The topological polar surface area (TPSA) is 196 Å². The maximum Gasteiger partial charge on any atom is 0.261 e. The summed E-state index contributed by atoms with van der Waals surface area (Å²) >= 11 is 11.5. The first-order valence-electron chi connectivity index (χ1n) is 30.0. The van der Waals surface area contributed by atoms with Crippen LogP contribution in [0.3, 0.4) is 0 Å². The fourth-order valence-corrected chi connectivity index (χ4v) is 19.2. The number of fused-ring (bicyclic) bond motifs is 11. The quantitative estimate of drug-likeness (QED) is 0.0696. The standard InChI is InChI=1S/C34H44N2O5.C26H42N2O3.CHI3.CH2I2/c1-32-15-12-24(37)19-22(32)8-10-29-28(32)13-16-33(2)21(11-17-34(29,33)40)7-9-23-20-25(41-35-23)14-18-36-30(38)26-5-3-4-6-27(26)31(36)39;1-24-11-8-20(29)15-18(24)4-6-23-22(24)9-12-25(2)17(7-13-26(23,25)30)3-5-19-16-21(10-14-27)31-28-19;2-1(3)4;2-1-3/h3-6,20-22,24,28-29,37,40H,7-19H2,1-2H3;16-18,20,22-23,29-30H,3-15,27H2,1-2H3;1H;1H2/t21-,22+,24-,28?,29?,32-,33+,34-;17-,18+,20-,22?,23?,24-,25+,26-;;/m00../s1. The van der Waals surface area contributed by atoms with Gasteiger partial charge in [0.1, 0.15) is 11.5 Å². The number of amides is 2. The van der Waals surface area contributed by atoms with Gasteiger partial charge in [0.05, 0.1) is 48.4 Å². The number of alkyl halides is 5. The van der Waals surface area contributed by atoms with Crippen molar-refractivity contribution in [2.24, 2.45) is 74.7 Å². The minimum absolute atomic E-state index is 0.00929. The lowest BCUT2D eigenvalue weighted by Gasteiger charge is -2.63. The molecule has 16 atom stereocenters. The lowest BCUT2D eigenvalue weighted by molar-refractivity contribution is -0.210. The highest BCUT2D eigenvalue weighted by Crippen LogP contribution is 2.71. The van der Waals surface area contributed by atoms with Gasteiger partial charge < -0.3 is 35.2 Å². The van der Waals surface area contributed by atoms with Crippen molar-refractivity contribution in [3.8, 4) is 0 Å². The summed E-state index contributed by atoms with van der Waals surface area (Å²) in [5, 5.41) is 53.9. The van der Waals surface area contributed by atoms with Crippen LogP contribution in [-0.4, -0.2) is 86.3 Å². The number of hydrogen-bond donors (Lipinski definition) is 5. The van der Waals surface area contributed by atoms with Crippen LogP contribution in [0.25, 0.3) is 0 Å². The third-order valence-electron chi connectivity index (χ3n) is 23.6. The zero-order valence-electron chi connectivity index (χ0n) is 47.1. The second-order valence-corrected chi connectivity index (χ2v) is 42.0. The highest BCUT2D eigenvalue weighted by molar-refractivity contribution is 14.3. The van der Waals surface area contributed by atoms with Crippen LogP contribution in [0.2, 0.25) is 0 Å². The van der Waals surface area contributed by atoms with Crippen LogP contribution in [0.1, 0.15) is 200 Å². The molecule has 12 rings (SSSR count). The third kappa shape index (κ3) is 12.4. The lowest BCUT2D eigenvalue weighted by Crippen LogP contribution is -2.62. The van der Waals surface area contributed by atoms with E-state index in [2.05, 4.69) is 157 Å². The predicted molar refractivity (Wildman–Crippen MR) is 352 cm³/mol. The molecule has 4 unspecified atom stereocenters. The third-order valence-corrected chi connectivity index (χ3v) is 23.6. The first-order valence-corrected chi connectivity index (χ1v) is 36.8. The van der Waals surface area contributed by atoms with Crippen molar-refractivity contribution in [3.05, 3.63) is 70.4 Å². The van der Waals surface area contributed by atoms with Crippen LogP contribution in [0.4, 0.5) is 0 Å². The van der Waals surface area contributed by atoms with E-state index in [9.17, 15) is 30.0 Å². The van der Waals surface area contributed by atoms with Crippen LogP contribution in [0, 0.1) is 69.0 Å². The number of carbonyl (C=O) groups is 2. The van der Waals surface area contributed by atoms with E-state index in [1.807, 2.05) is 6.07 Å². The molecule has 3 heterocycles. The van der Waals surface area contributed by atoms with Gasteiger partial charge in [-0.3, -0.25) is 14.5 Å². The maximum atomic E-state index is 12.7. The van der Waals surface area contributed by atoms with Crippen LogP contribution in [-0.2, 0) is 25.7 Å². The molecule has 0 saturated heterocycles. The largest absolute Gasteiger partial charge is 0.393 e. The smallest absolute Gasteiger partial charge is 0.261 e. The number of aryl methyl sites for hydroxylation is 2. The Bertz CT molecular complexity index is 2530. The highest BCUT2D eigenvalue weighted by Gasteiger charge is 2.68. The number of benzene rings is 1. The van der Waals surface area contributed by atoms with Gasteiger partial charge in [-0.1, -0.05) is 163 Å². The summed E-state index contributed by atoms with van der Waals surface area (Å²) in [6.45, 7) is 10.6. The monoisotopic (exact) mass is 1650 g/mol.